The van der Waals surface area contributed by atoms with Gasteiger partial charge in [0.1, 0.15) is 12.6 Å². The molecule has 0 radical (unpaired) electrons. The zero-order valence-electron chi connectivity index (χ0n) is 16.9. The van der Waals surface area contributed by atoms with E-state index in [-0.39, 0.29) is 30.4 Å². The van der Waals surface area contributed by atoms with Crippen LogP contribution in [-0.2, 0) is 16.6 Å². The number of aromatic amines is 1. The van der Waals surface area contributed by atoms with E-state index < -0.39 is 16.1 Å². The maximum Gasteiger partial charge on any atom is 0.264 e. The van der Waals surface area contributed by atoms with Gasteiger partial charge >= 0.3 is 0 Å². The lowest BCUT2D eigenvalue weighted by Gasteiger charge is -2.26. The summed E-state index contributed by atoms with van der Waals surface area (Å²) >= 11 is 0. The normalized spacial score (nSPS) is 12.3. The molecular weight excluding hydrogens is 436 g/mol. The summed E-state index contributed by atoms with van der Waals surface area (Å²) in [5.41, 5.74) is 3.08. The predicted octanol–water partition coefficient (Wildman–Crippen LogP) is -0.581. The van der Waals surface area contributed by atoms with Gasteiger partial charge < -0.3 is 17.5 Å². The fourth-order valence-electron chi connectivity index (χ4n) is 3.33. The number of aromatic nitrogens is 3. The van der Waals surface area contributed by atoms with E-state index in [2.05, 4.69) is 10.3 Å². The first kappa shape index (κ1) is 22.7. The van der Waals surface area contributed by atoms with E-state index in [0.29, 0.717) is 5.69 Å². The second kappa shape index (κ2) is 9.47. The van der Waals surface area contributed by atoms with Crippen molar-refractivity contribution in [1.29, 1.82) is 0 Å². The van der Waals surface area contributed by atoms with E-state index in [4.69, 9.17) is 0 Å². The molecule has 1 unspecified atom stereocenters. The third-order valence-corrected chi connectivity index (χ3v) is 6.69. The Morgan fingerprint density at radius 1 is 1.00 bits per heavy atom. The predicted molar refractivity (Wildman–Crippen MR) is 114 cm³/mol. The average molecular weight is 459 g/mol. The van der Waals surface area contributed by atoms with Gasteiger partial charge in [-0.2, -0.15) is 4.68 Å². The Morgan fingerprint density at radius 2 is 1.65 bits per heavy atom. The highest BCUT2D eigenvalue weighted by atomic mass is 35.5. The quantitative estimate of drug-likeness (QED) is 0.363. The van der Waals surface area contributed by atoms with Crippen molar-refractivity contribution >= 4 is 26.7 Å². The molecule has 4 aromatic rings. The van der Waals surface area contributed by atoms with E-state index >= 15 is 0 Å². The zero-order chi connectivity index (χ0) is 21.1. The third-order valence-electron chi connectivity index (χ3n) is 4.89. The van der Waals surface area contributed by atoms with Gasteiger partial charge in [-0.1, -0.05) is 53.2 Å². The Bertz CT molecular complexity index is 1240. The van der Waals surface area contributed by atoms with Crippen LogP contribution in [0.3, 0.4) is 0 Å². The molecular formula is C22H23ClN4O3S. The van der Waals surface area contributed by atoms with Crippen molar-refractivity contribution in [1.82, 2.24) is 10.3 Å². The van der Waals surface area contributed by atoms with E-state index in [1.54, 1.807) is 53.2 Å². The van der Waals surface area contributed by atoms with Crippen LogP contribution in [0, 0.1) is 6.92 Å². The molecule has 4 rings (SSSR count). The molecule has 7 nitrogen and oxygen atoms in total. The van der Waals surface area contributed by atoms with Crippen molar-refractivity contribution in [3.05, 3.63) is 84.4 Å². The molecule has 0 fully saturated rings. The standard InChI is InChI=1S/C22H22N4O3S.ClH/c1-17-11-13-20(14-12-17)30(28,29)26(18-7-3-2-4-8-18)16-19(27)15-25-22-10-6-5-9-21(22)23-24-25;/h2-14,19,27H,15-16H2,1H3;1H. The number of benzene rings is 3. The smallest absolute Gasteiger partial charge is 0.264 e. The zero-order valence-corrected chi connectivity index (χ0v) is 18.5. The average Bonchev–Trinajstić information content (AvgIpc) is 3.16. The second-order valence-corrected chi connectivity index (χ2v) is 9.01. The van der Waals surface area contributed by atoms with Crippen molar-refractivity contribution in [3.8, 4) is 0 Å². The van der Waals surface area contributed by atoms with Crippen LogP contribution in [-0.4, -0.2) is 36.5 Å². The largest absolute Gasteiger partial charge is 1.00 e. The molecule has 0 aliphatic heterocycles. The summed E-state index contributed by atoms with van der Waals surface area (Å²) in [4.78, 5) is 0.184. The van der Waals surface area contributed by atoms with Crippen molar-refractivity contribution in [2.45, 2.75) is 24.5 Å². The van der Waals surface area contributed by atoms with Gasteiger partial charge in [0.2, 0.25) is 11.0 Å². The first-order valence-corrected chi connectivity index (χ1v) is 11.0. The van der Waals surface area contributed by atoms with E-state index in [0.717, 1.165) is 16.6 Å². The molecule has 2 N–H and O–H groups in total. The molecule has 31 heavy (non-hydrogen) atoms. The van der Waals surface area contributed by atoms with E-state index in [1.165, 1.54) is 4.31 Å². The molecule has 162 valence electrons. The van der Waals surface area contributed by atoms with Crippen LogP contribution in [0.15, 0.2) is 83.8 Å². The monoisotopic (exact) mass is 458 g/mol. The van der Waals surface area contributed by atoms with Crippen LogP contribution in [0.2, 0.25) is 0 Å². The Hall–Kier alpha value is -2.94. The Morgan fingerprint density at radius 3 is 2.35 bits per heavy atom. The molecule has 1 atom stereocenters. The fourth-order valence-corrected chi connectivity index (χ4v) is 4.83. The molecule has 0 bridgehead atoms. The summed E-state index contributed by atoms with van der Waals surface area (Å²) in [6.07, 6.45) is -0.959. The fraction of sp³-hybridized carbons (Fsp3) is 0.182. The second-order valence-electron chi connectivity index (χ2n) is 7.15. The van der Waals surface area contributed by atoms with Gasteiger partial charge in [-0.05, 0) is 43.3 Å². The summed E-state index contributed by atoms with van der Waals surface area (Å²) in [7, 11) is -3.85. The maximum atomic E-state index is 13.4. The molecule has 1 heterocycles. The first-order valence-electron chi connectivity index (χ1n) is 9.60. The van der Waals surface area contributed by atoms with Crippen molar-refractivity contribution < 1.29 is 30.6 Å². The summed E-state index contributed by atoms with van der Waals surface area (Å²) in [6.45, 7) is 1.98. The summed E-state index contributed by atoms with van der Waals surface area (Å²) in [6, 6.07) is 23.0. The lowest BCUT2D eigenvalue weighted by molar-refractivity contribution is -0.736. The minimum absolute atomic E-state index is 0. The van der Waals surface area contributed by atoms with Gasteiger partial charge in [-0.3, -0.25) is 4.31 Å². The number of H-pyrrole nitrogens is 1. The third kappa shape index (κ3) is 4.87. The molecule has 0 aliphatic carbocycles. The van der Waals surface area contributed by atoms with Crippen molar-refractivity contribution in [2.75, 3.05) is 10.8 Å². The number of aliphatic hydroxyl groups excluding tert-OH is 1. The van der Waals surface area contributed by atoms with Crippen LogP contribution in [0.5, 0.6) is 0 Å². The number of aryl methyl sites for hydroxylation is 1. The molecule has 0 saturated carbocycles. The van der Waals surface area contributed by atoms with E-state index in [9.17, 15) is 13.5 Å². The molecule has 0 saturated heterocycles. The number of nitrogens with one attached hydrogen (secondary N) is 1. The molecule has 0 amide bonds. The van der Waals surface area contributed by atoms with Crippen LogP contribution in [0.4, 0.5) is 5.69 Å². The maximum absolute atomic E-state index is 13.4. The topological polar surface area (TPSA) is 90.2 Å². The lowest BCUT2D eigenvalue weighted by atomic mass is 10.2. The number of fused-ring (bicyclic) bond motifs is 1. The number of aliphatic hydroxyl groups is 1. The van der Waals surface area contributed by atoms with Gasteiger partial charge in [0, 0.05) is 5.10 Å². The van der Waals surface area contributed by atoms with Crippen LogP contribution >= 0.6 is 0 Å². The minimum Gasteiger partial charge on any atom is -1.00 e. The number of para-hydroxylation sites is 3. The summed E-state index contributed by atoms with van der Waals surface area (Å²) in [5.74, 6) is 0. The minimum atomic E-state index is -3.85. The van der Waals surface area contributed by atoms with Gasteiger partial charge in [-0.25, -0.2) is 8.42 Å². The number of sulfonamides is 1. The van der Waals surface area contributed by atoms with Crippen molar-refractivity contribution in [2.24, 2.45) is 0 Å². The van der Waals surface area contributed by atoms with Gasteiger partial charge in [0.05, 0.1) is 17.1 Å². The van der Waals surface area contributed by atoms with Crippen molar-refractivity contribution in [3.63, 3.8) is 0 Å². The van der Waals surface area contributed by atoms with Gasteiger partial charge in [0.15, 0.2) is 0 Å². The number of nitrogens with zero attached hydrogens (tertiary/aromatic N) is 3. The highest BCUT2D eigenvalue weighted by molar-refractivity contribution is 7.92. The van der Waals surface area contributed by atoms with Crippen LogP contribution in [0.1, 0.15) is 5.56 Å². The van der Waals surface area contributed by atoms with Crippen LogP contribution in [0.25, 0.3) is 11.0 Å². The van der Waals surface area contributed by atoms with E-state index in [1.807, 2.05) is 37.3 Å². The van der Waals surface area contributed by atoms with Gasteiger partial charge in [-0.15, -0.1) is 0 Å². The molecule has 9 heteroatoms. The highest BCUT2D eigenvalue weighted by Gasteiger charge is 2.28. The first-order chi connectivity index (χ1) is 14.4. The Kier molecular flexibility index (Phi) is 6.94. The SMILES string of the molecule is Cc1ccc(S(=O)(=O)N(CC(O)C[n+]2[nH]nc3ccccc32)c2ccccc2)cc1.[Cl-]. The molecule has 1 aromatic heterocycles. The molecule has 0 spiro atoms. The number of halogens is 1. The summed E-state index contributed by atoms with van der Waals surface area (Å²) < 4.78 is 29.7. The number of anilines is 1. The molecule has 0 aliphatic rings. The Balaban J connectivity index is 0.00000272. The van der Waals surface area contributed by atoms with Crippen LogP contribution < -0.4 is 21.4 Å². The molecule has 3 aromatic carbocycles. The highest BCUT2D eigenvalue weighted by Crippen LogP contribution is 2.24. The Labute approximate surface area is 187 Å². The summed E-state index contributed by atoms with van der Waals surface area (Å²) in [5, 5.41) is 17.9. The number of rotatable bonds is 7. The number of hydrogen-bond acceptors (Lipinski definition) is 4. The number of hydrogen-bond donors (Lipinski definition) is 2. The lowest BCUT2D eigenvalue weighted by Crippen LogP contribution is -3.00. The van der Waals surface area contributed by atoms with Gasteiger partial charge in [0.25, 0.3) is 10.0 Å².